The van der Waals surface area contributed by atoms with Gasteiger partial charge < -0.3 is 10.1 Å². The van der Waals surface area contributed by atoms with Gasteiger partial charge in [0.05, 0.1) is 6.61 Å². The smallest absolute Gasteiger partial charge is 0.0630 e. The van der Waals surface area contributed by atoms with E-state index in [4.69, 9.17) is 4.74 Å². The van der Waals surface area contributed by atoms with Crippen molar-refractivity contribution in [2.45, 2.75) is 38.8 Å². The van der Waals surface area contributed by atoms with E-state index in [1.165, 1.54) is 0 Å². The molecule has 3 heteroatoms. The van der Waals surface area contributed by atoms with E-state index in [-0.39, 0.29) is 5.54 Å². The van der Waals surface area contributed by atoms with Gasteiger partial charge in [-0.15, -0.1) is 0 Å². The average Bonchev–Trinajstić information content (AvgIpc) is 2.24. The third-order valence-corrected chi connectivity index (χ3v) is 2.83. The highest BCUT2D eigenvalue weighted by atomic mass is 16.5. The Bertz CT molecular complexity index is 220. The van der Waals surface area contributed by atoms with Gasteiger partial charge in [-0.05, 0) is 27.2 Å². The summed E-state index contributed by atoms with van der Waals surface area (Å²) in [7, 11) is 1.78. The Morgan fingerprint density at radius 2 is 2.12 bits per heavy atom. The molecule has 1 N–H and O–H groups in total. The molecule has 0 aromatic heterocycles. The van der Waals surface area contributed by atoms with Crippen molar-refractivity contribution in [2.24, 2.45) is 0 Å². The third kappa shape index (κ3) is 5.10. The van der Waals surface area contributed by atoms with Crippen LogP contribution in [0.2, 0.25) is 0 Å². The van der Waals surface area contributed by atoms with Crippen LogP contribution in [0.1, 0.15) is 27.2 Å². The molecule has 0 bridgehead atoms. The van der Waals surface area contributed by atoms with Crippen molar-refractivity contribution in [3.05, 3.63) is 12.2 Å². The summed E-state index contributed by atoms with van der Waals surface area (Å²) in [5, 5.41) is 3.56. The molecule has 0 spiro atoms. The van der Waals surface area contributed by atoms with Crippen LogP contribution >= 0.6 is 0 Å². The molecule has 16 heavy (non-hydrogen) atoms. The molecule has 0 amide bonds. The lowest BCUT2D eigenvalue weighted by Crippen LogP contribution is -2.50. The van der Waals surface area contributed by atoms with Gasteiger partial charge in [-0.25, -0.2) is 0 Å². The van der Waals surface area contributed by atoms with Crippen molar-refractivity contribution in [3.63, 3.8) is 0 Å². The molecule has 94 valence electrons. The molecule has 0 aliphatic carbocycles. The van der Waals surface area contributed by atoms with E-state index in [9.17, 15) is 0 Å². The number of ether oxygens (including phenoxy) is 1. The predicted molar refractivity (Wildman–Crippen MR) is 68.7 cm³/mol. The minimum atomic E-state index is 0.178. The van der Waals surface area contributed by atoms with E-state index in [1.54, 1.807) is 7.11 Å². The molecule has 0 saturated heterocycles. The van der Waals surface area contributed by atoms with Crippen molar-refractivity contribution in [2.75, 3.05) is 33.4 Å². The molecule has 1 aliphatic heterocycles. The third-order valence-electron chi connectivity index (χ3n) is 2.83. The van der Waals surface area contributed by atoms with Crippen molar-refractivity contribution in [1.82, 2.24) is 10.2 Å². The van der Waals surface area contributed by atoms with E-state index in [0.717, 1.165) is 32.7 Å². The van der Waals surface area contributed by atoms with Crippen LogP contribution in [-0.2, 0) is 4.74 Å². The quantitative estimate of drug-likeness (QED) is 0.721. The molecular weight excluding hydrogens is 200 g/mol. The minimum absolute atomic E-state index is 0.178. The standard InChI is InChI=1S/C13H26N2O/c1-13(2,3)14-10-12(11-16-4)15-8-6-5-7-9-15/h5-6,12,14H,7-11H2,1-4H3. The fourth-order valence-corrected chi connectivity index (χ4v) is 1.90. The number of nitrogens with one attached hydrogen (secondary N) is 1. The first-order chi connectivity index (χ1) is 7.53. The van der Waals surface area contributed by atoms with Crippen LogP contribution in [-0.4, -0.2) is 49.8 Å². The Hall–Kier alpha value is -0.380. The fraction of sp³-hybridized carbons (Fsp3) is 0.846. The lowest BCUT2D eigenvalue weighted by molar-refractivity contribution is 0.0912. The predicted octanol–water partition coefficient (Wildman–Crippen LogP) is 1.65. The first kappa shape index (κ1) is 13.7. The zero-order chi connectivity index (χ0) is 12.0. The van der Waals surface area contributed by atoms with Gasteiger partial charge in [-0.1, -0.05) is 12.2 Å². The summed E-state index contributed by atoms with van der Waals surface area (Å²) >= 11 is 0. The Morgan fingerprint density at radius 3 is 2.62 bits per heavy atom. The molecule has 0 aromatic rings. The average molecular weight is 226 g/mol. The largest absolute Gasteiger partial charge is 0.383 e. The van der Waals surface area contributed by atoms with Crippen molar-refractivity contribution < 1.29 is 4.74 Å². The van der Waals surface area contributed by atoms with Crippen LogP contribution in [0.15, 0.2) is 12.2 Å². The summed E-state index contributed by atoms with van der Waals surface area (Å²) in [5.74, 6) is 0. The maximum atomic E-state index is 5.32. The van der Waals surface area contributed by atoms with Crippen LogP contribution in [0.5, 0.6) is 0 Å². The highest BCUT2D eigenvalue weighted by Crippen LogP contribution is 2.08. The van der Waals surface area contributed by atoms with Crippen LogP contribution in [0.3, 0.4) is 0 Å². The van der Waals surface area contributed by atoms with Gasteiger partial charge in [0.15, 0.2) is 0 Å². The van der Waals surface area contributed by atoms with Gasteiger partial charge in [-0.3, -0.25) is 4.90 Å². The van der Waals surface area contributed by atoms with Gasteiger partial charge in [0, 0.05) is 38.3 Å². The van der Waals surface area contributed by atoms with Crippen molar-refractivity contribution in [1.29, 1.82) is 0 Å². The molecule has 1 atom stereocenters. The summed E-state index contributed by atoms with van der Waals surface area (Å²) < 4.78 is 5.32. The molecule has 1 heterocycles. The number of rotatable bonds is 5. The number of methoxy groups -OCH3 is 1. The van der Waals surface area contributed by atoms with E-state index in [1.807, 2.05) is 0 Å². The van der Waals surface area contributed by atoms with Crippen LogP contribution in [0, 0.1) is 0 Å². The van der Waals surface area contributed by atoms with Crippen LogP contribution in [0.25, 0.3) is 0 Å². The molecule has 0 fully saturated rings. The summed E-state index contributed by atoms with van der Waals surface area (Å²) in [6.45, 7) is 10.6. The Balaban J connectivity index is 2.43. The lowest BCUT2D eigenvalue weighted by atomic mass is 10.1. The van der Waals surface area contributed by atoms with E-state index in [2.05, 4.69) is 43.1 Å². The van der Waals surface area contributed by atoms with Gasteiger partial charge in [0.25, 0.3) is 0 Å². The molecule has 1 unspecified atom stereocenters. The molecule has 1 aliphatic rings. The normalized spacial score (nSPS) is 20.0. The Kier molecular flexibility index (Phi) is 5.46. The summed E-state index contributed by atoms with van der Waals surface area (Å²) in [6, 6.07) is 0.481. The van der Waals surface area contributed by atoms with Gasteiger partial charge in [0.1, 0.15) is 0 Å². The molecule has 0 saturated carbocycles. The second kappa shape index (κ2) is 6.38. The summed E-state index contributed by atoms with van der Waals surface area (Å²) in [5.41, 5.74) is 0.178. The maximum absolute atomic E-state index is 5.32. The monoisotopic (exact) mass is 226 g/mol. The lowest BCUT2D eigenvalue weighted by Gasteiger charge is -2.34. The Labute approximate surface area is 99.8 Å². The van der Waals surface area contributed by atoms with E-state index in [0.29, 0.717) is 6.04 Å². The van der Waals surface area contributed by atoms with Crippen LogP contribution in [0.4, 0.5) is 0 Å². The fourth-order valence-electron chi connectivity index (χ4n) is 1.90. The van der Waals surface area contributed by atoms with E-state index < -0.39 is 0 Å². The highest BCUT2D eigenvalue weighted by molar-refractivity contribution is 4.93. The van der Waals surface area contributed by atoms with Gasteiger partial charge >= 0.3 is 0 Å². The maximum Gasteiger partial charge on any atom is 0.0630 e. The van der Waals surface area contributed by atoms with Gasteiger partial charge in [-0.2, -0.15) is 0 Å². The zero-order valence-corrected chi connectivity index (χ0v) is 11.1. The molecule has 1 rings (SSSR count). The summed E-state index contributed by atoms with van der Waals surface area (Å²) in [6.07, 6.45) is 5.68. The molecule has 0 radical (unpaired) electrons. The Morgan fingerprint density at radius 1 is 1.38 bits per heavy atom. The zero-order valence-electron chi connectivity index (χ0n) is 11.1. The highest BCUT2D eigenvalue weighted by Gasteiger charge is 2.20. The first-order valence-electron chi connectivity index (χ1n) is 6.16. The molecular formula is C13H26N2O. The number of hydrogen-bond donors (Lipinski definition) is 1. The minimum Gasteiger partial charge on any atom is -0.383 e. The second-order valence-corrected chi connectivity index (χ2v) is 5.50. The van der Waals surface area contributed by atoms with Crippen molar-refractivity contribution >= 4 is 0 Å². The van der Waals surface area contributed by atoms with Gasteiger partial charge in [0.2, 0.25) is 0 Å². The molecule has 3 nitrogen and oxygen atoms in total. The second-order valence-electron chi connectivity index (χ2n) is 5.50. The topological polar surface area (TPSA) is 24.5 Å². The van der Waals surface area contributed by atoms with Crippen LogP contribution < -0.4 is 5.32 Å². The number of hydrogen-bond acceptors (Lipinski definition) is 3. The number of nitrogens with zero attached hydrogens (tertiary/aromatic N) is 1. The van der Waals surface area contributed by atoms with Crippen molar-refractivity contribution in [3.8, 4) is 0 Å². The SMILES string of the molecule is COCC(CNC(C)(C)C)N1CC=CCC1. The first-order valence-corrected chi connectivity index (χ1v) is 6.16. The van der Waals surface area contributed by atoms with E-state index >= 15 is 0 Å². The molecule has 0 aromatic carbocycles. The summed E-state index contributed by atoms with van der Waals surface area (Å²) in [4.78, 5) is 2.49.